The lowest BCUT2D eigenvalue weighted by Crippen LogP contribution is -1.95. The minimum Gasteiger partial charge on any atom is -0.427 e. The number of rotatable bonds is 2. The SMILES string of the molecule is C=CCc1nc(C)n(O)c1C. The second-order valence-electron chi connectivity index (χ2n) is 2.50. The third-order valence-electron chi connectivity index (χ3n) is 1.68. The maximum atomic E-state index is 9.27. The van der Waals surface area contributed by atoms with Crippen LogP contribution in [0.25, 0.3) is 0 Å². The molecule has 3 nitrogen and oxygen atoms in total. The number of nitrogens with zero attached hydrogens (tertiary/aromatic N) is 2. The third kappa shape index (κ3) is 1.27. The van der Waals surface area contributed by atoms with Crippen molar-refractivity contribution in [2.75, 3.05) is 0 Å². The van der Waals surface area contributed by atoms with Gasteiger partial charge in [-0.1, -0.05) is 6.08 Å². The predicted octanol–water partition coefficient (Wildman–Crippen LogP) is 1.47. The molecule has 0 bridgehead atoms. The van der Waals surface area contributed by atoms with Gasteiger partial charge in [0.2, 0.25) is 0 Å². The van der Waals surface area contributed by atoms with E-state index in [0.29, 0.717) is 12.2 Å². The van der Waals surface area contributed by atoms with Gasteiger partial charge >= 0.3 is 0 Å². The molecular weight excluding hydrogens is 140 g/mol. The summed E-state index contributed by atoms with van der Waals surface area (Å²) in [4.78, 5) is 4.14. The molecule has 0 aromatic carbocycles. The summed E-state index contributed by atoms with van der Waals surface area (Å²) in [5.74, 6) is 0.624. The Morgan fingerprint density at radius 2 is 2.27 bits per heavy atom. The first kappa shape index (κ1) is 7.85. The Hall–Kier alpha value is -1.25. The molecule has 0 unspecified atom stereocenters. The van der Waals surface area contributed by atoms with Gasteiger partial charge in [0.1, 0.15) is 5.82 Å². The maximum absolute atomic E-state index is 9.27. The molecule has 0 radical (unpaired) electrons. The third-order valence-corrected chi connectivity index (χ3v) is 1.68. The van der Waals surface area contributed by atoms with Crippen LogP contribution in [0.4, 0.5) is 0 Å². The number of imidazole rings is 1. The molecule has 0 saturated heterocycles. The Morgan fingerprint density at radius 1 is 1.64 bits per heavy atom. The fourth-order valence-electron chi connectivity index (χ4n) is 1.02. The molecule has 1 aromatic heterocycles. The van der Waals surface area contributed by atoms with Gasteiger partial charge in [-0.05, 0) is 13.8 Å². The second kappa shape index (κ2) is 2.78. The highest BCUT2D eigenvalue weighted by Crippen LogP contribution is 2.08. The summed E-state index contributed by atoms with van der Waals surface area (Å²) in [6.07, 6.45) is 2.48. The van der Waals surface area contributed by atoms with Crippen molar-refractivity contribution in [3.63, 3.8) is 0 Å². The van der Waals surface area contributed by atoms with E-state index in [2.05, 4.69) is 11.6 Å². The standard InChI is InChI=1S/C8H12N2O/c1-4-5-8-6(2)10(11)7(3)9-8/h4,11H,1,5H2,2-3H3. The Kier molecular flexibility index (Phi) is 1.98. The van der Waals surface area contributed by atoms with Crippen molar-refractivity contribution in [2.24, 2.45) is 0 Å². The van der Waals surface area contributed by atoms with Crippen LogP contribution in [0, 0.1) is 13.8 Å². The molecular formula is C8H12N2O. The summed E-state index contributed by atoms with van der Waals surface area (Å²) in [6.45, 7) is 7.20. The summed E-state index contributed by atoms with van der Waals surface area (Å²) in [5.41, 5.74) is 1.68. The molecule has 0 aliphatic rings. The minimum absolute atomic E-state index is 0.624. The van der Waals surface area contributed by atoms with E-state index in [1.54, 1.807) is 13.0 Å². The van der Waals surface area contributed by atoms with Crippen LogP contribution in [0.5, 0.6) is 0 Å². The quantitative estimate of drug-likeness (QED) is 0.514. The van der Waals surface area contributed by atoms with E-state index in [1.807, 2.05) is 6.92 Å². The van der Waals surface area contributed by atoms with Crippen LogP contribution in [0.15, 0.2) is 12.7 Å². The van der Waals surface area contributed by atoms with Crippen molar-refractivity contribution in [3.8, 4) is 0 Å². The molecule has 0 spiro atoms. The summed E-state index contributed by atoms with van der Waals surface area (Å²) >= 11 is 0. The number of hydrogen-bond donors (Lipinski definition) is 1. The molecule has 1 heterocycles. The van der Waals surface area contributed by atoms with Gasteiger partial charge in [0, 0.05) is 6.42 Å². The van der Waals surface area contributed by atoms with Gasteiger partial charge in [-0.15, -0.1) is 6.58 Å². The fraction of sp³-hybridized carbons (Fsp3) is 0.375. The Bertz CT molecular complexity index is 276. The normalized spacial score (nSPS) is 10.0. The first-order valence-corrected chi connectivity index (χ1v) is 3.51. The molecule has 1 N–H and O–H groups in total. The summed E-state index contributed by atoms with van der Waals surface area (Å²) in [5, 5.41) is 9.27. The molecule has 0 fully saturated rings. The topological polar surface area (TPSA) is 38.0 Å². The molecule has 1 rings (SSSR count). The first-order chi connectivity index (χ1) is 5.16. The average molecular weight is 152 g/mol. The van der Waals surface area contributed by atoms with Crippen molar-refractivity contribution in [2.45, 2.75) is 20.3 Å². The van der Waals surface area contributed by atoms with Gasteiger partial charge in [-0.3, -0.25) is 0 Å². The van der Waals surface area contributed by atoms with Crippen LogP contribution in [-0.4, -0.2) is 14.9 Å². The molecule has 0 aliphatic carbocycles. The van der Waals surface area contributed by atoms with Gasteiger partial charge in [-0.25, -0.2) is 4.98 Å². The highest BCUT2D eigenvalue weighted by atomic mass is 16.5. The Morgan fingerprint density at radius 3 is 2.64 bits per heavy atom. The lowest BCUT2D eigenvalue weighted by molar-refractivity contribution is 0.172. The van der Waals surface area contributed by atoms with Gasteiger partial charge in [0.15, 0.2) is 0 Å². The number of aromatic nitrogens is 2. The van der Waals surface area contributed by atoms with Crippen LogP contribution >= 0.6 is 0 Å². The maximum Gasteiger partial charge on any atom is 0.142 e. The van der Waals surface area contributed by atoms with Crippen LogP contribution in [0.2, 0.25) is 0 Å². The zero-order chi connectivity index (χ0) is 8.43. The monoisotopic (exact) mass is 152 g/mol. The molecule has 0 amide bonds. The molecule has 0 aliphatic heterocycles. The smallest absolute Gasteiger partial charge is 0.142 e. The lowest BCUT2D eigenvalue weighted by atomic mass is 10.3. The van der Waals surface area contributed by atoms with E-state index in [-0.39, 0.29) is 0 Å². The van der Waals surface area contributed by atoms with Crippen molar-refractivity contribution in [1.82, 2.24) is 9.71 Å². The average Bonchev–Trinajstić information content (AvgIpc) is 2.19. The van der Waals surface area contributed by atoms with Crippen LogP contribution < -0.4 is 0 Å². The second-order valence-corrected chi connectivity index (χ2v) is 2.50. The molecule has 1 aromatic rings. The van der Waals surface area contributed by atoms with E-state index in [9.17, 15) is 5.21 Å². The fourth-order valence-corrected chi connectivity index (χ4v) is 1.02. The highest BCUT2D eigenvalue weighted by Gasteiger charge is 2.07. The zero-order valence-electron chi connectivity index (χ0n) is 6.83. The van der Waals surface area contributed by atoms with E-state index in [4.69, 9.17) is 0 Å². The van der Waals surface area contributed by atoms with E-state index >= 15 is 0 Å². The van der Waals surface area contributed by atoms with Crippen LogP contribution in [0.3, 0.4) is 0 Å². The van der Waals surface area contributed by atoms with E-state index < -0.39 is 0 Å². The molecule has 60 valence electrons. The van der Waals surface area contributed by atoms with Gasteiger partial charge in [-0.2, -0.15) is 4.73 Å². The highest BCUT2D eigenvalue weighted by molar-refractivity contribution is 5.16. The van der Waals surface area contributed by atoms with Crippen molar-refractivity contribution >= 4 is 0 Å². The summed E-state index contributed by atoms with van der Waals surface area (Å²) in [6, 6.07) is 0. The first-order valence-electron chi connectivity index (χ1n) is 3.51. The molecule has 0 atom stereocenters. The Balaban J connectivity index is 3.07. The predicted molar refractivity (Wildman–Crippen MR) is 42.8 cm³/mol. The van der Waals surface area contributed by atoms with E-state index in [0.717, 1.165) is 16.1 Å². The van der Waals surface area contributed by atoms with Gasteiger partial charge < -0.3 is 5.21 Å². The van der Waals surface area contributed by atoms with Crippen molar-refractivity contribution in [1.29, 1.82) is 0 Å². The minimum atomic E-state index is 0.624. The zero-order valence-corrected chi connectivity index (χ0v) is 6.83. The van der Waals surface area contributed by atoms with Gasteiger partial charge in [0.05, 0.1) is 11.4 Å². The van der Waals surface area contributed by atoms with Gasteiger partial charge in [0.25, 0.3) is 0 Å². The number of allylic oxidation sites excluding steroid dienone is 1. The summed E-state index contributed by atoms with van der Waals surface area (Å²) < 4.78 is 1.10. The molecule has 3 heteroatoms. The van der Waals surface area contributed by atoms with E-state index in [1.165, 1.54) is 0 Å². The van der Waals surface area contributed by atoms with Crippen LogP contribution in [-0.2, 0) is 6.42 Å². The Labute approximate surface area is 66.0 Å². The lowest BCUT2D eigenvalue weighted by Gasteiger charge is -1.94. The largest absolute Gasteiger partial charge is 0.427 e. The number of hydrogen-bond acceptors (Lipinski definition) is 2. The molecule has 0 saturated carbocycles. The summed E-state index contributed by atoms with van der Waals surface area (Å²) in [7, 11) is 0. The van der Waals surface area contributed by atoms with Crippen molar-refractivity contribution in [3.05, 3.63) is 29.9 Å². The molecule has 11 heavy (non-hydrogen) atoms. The van der Waals surface area contributed by atoms with Crippen molar-refractivity contribution < 1.29 is 5.21 Å². The number of aryl methyl sites for hydroxylation is 1. The van der Waals surface area contributed by atoms with Crippen LogP contribution in [0.1, 0.15) is 17.2 Å².